The number of hydrogen-bond donors (Lipinski definition) is 1. The Labute approximate surface area is 254 Å². The van der Waals surface area contributed by atoms with Crippen molar-refractivity contribution in [2.45, 2.75) is 38.9 Å². The van der Waals surface area contributed by atoms with Gasteiger partial charge in [0, 0.05) is 0 Å². The summed E-state index contributed by atoms with van der Waals surface area (Å²) in [4.78, 5) is 16.4. The number of carboxylic acid groups (broad SMARTS) is 1. The number of carboxylic acids is 1. The molecular formula is C35H33NO3Se2. The van der Waals surface area contributed by atoms with Gasteiger partial charge in [0.2, 0.25) is 0 Å². The van der Waals surface area contributed by atoms with Gasteiger partial charge in [-0.2, -0.15) is 0 Å². The summed E-state index contributed by atoms with van der Waals surface area (Å²) in [7, 11) is 0. The Balaban J connectivity index is 1.44. The van der Waals surface area contributed by atoms with Gasteiger partial charge in [-0.25, -0.2) is 0 Å². The molecule has 4 nitrogen and oxygen atoms in total. The fourth-order valence-corrected chi connectivity index (χ4v) is 10.6. The molecule has 208 valence electrons. The molecule has 1 atom stereocenters. The Bertz CT molecular complexity index is 1640. The normalized spacial score (nSPS) is 11.8. The van der Waals surface area contributed by atoms with Crippen LogP contribution in [0.15, 0.2) is 91.0 Å². The minimum atomic E-state index is -0.971. The number of nitrogens with zero attached hydrogens (tertiary/aromatic N) is 1. The fraction of sp³-hybridized carbons (Fsp3) is 0.200. The van der Waals surface area contributed by atoms with Crippen LogP contribution in [-0.4, -0.2) is 52.1 Å². The topological polar surface area (TPSA) is 59.4 Å². The number of benzene rings is 4. The van der Waals surface area contributed by atoms with Crippen molar-refractivity contribution in [2.24, 2.45) is 0 Å². The molecule has 0 aliphatic carbocycles. The van der Waals surface area contributed by atoms with E-state index in [1.807, 2.05) is 13.0 Å². The van der Waals surface area contributed by atoms with E-state index < -0.39 is 5.97 Å². The molecule has 6 heteroatoms. The molecule has 0 bridgehead atoms. The van der Waals surface area contributed by atoms with Gasteiger partial charge in [-0.1, -0.05) is 0 Å². The molecule has 1 unspecified atom stereocenters. The van der Waals surface area contributed by atoms with E-state index in [0.29, 0.717) is 10.6 Å². The van der Waals surface area contributed by atoms with Crippen LogP contribution in [0.5, 0.6) is 5.75 Å². The number of hydrogen-bond acceptors (Lipinski definition) is 3. The summed E-state index contributed by atoms with van der Waals surface area (Å²) in [5, 5.41) is 9.00. The first-order chi connectivity index (χ1) is 19.7. The average Bonchev–Trinajstić information content (AvgIpc) is 3.35. The molecule has 1 aromatic heterocycles. The maximum absolute atomic E-state index is 11.0. The van der Waals surface area contributed by atoms with Gasteiger partial charge in [-0.05, 0) is 0 Å². The molecule has 0 aliphatic heterocycles. The Morgan fingerprint density at radius 2 is 1.41 bits per heavy atom. The Morgan fingerprint density at radius 1 is 0.829 bits per heavy atom. The predicted molar refractivity (Wildman–Crippen MR) is 169 cm³/mol. The van der Waals surface area contributed by atoms with Gasteiger partial charge in [0.05, 0.1) is 0 Å². The van der Waals surface area contributed by atoms with Gasteiger partial charge in [-0.15, -0.1) is 0 Å². The van der Waals surface area contributed by atoms with E-state index in [2.05, 4.69) is 106 Å². The predicted octanol–water partition coefficient (Wildman–Crippen LogP) is 6.48. The van der Waals surface area contributed by atoms with Crippen molar-refractivity contribution in [3.05, 3.63) is 123 Å². The van der Waals surface area contributed by atoms with Crippen LogP contribution in [0, 0.1) is 27.7 Å². The molecule has 0 amide bonds. The third-order valence-corrected chi connectivity index (χ3v) is 13.0. The zero-order valence-electron chi connectivity index (χ0n) is 23.7. The van der Waals surface area contributed by atoms with Crippen molar-refractivity contribution >= 4 is 39.9 Å². The van der Waals surface area contributed by atoms with E-state index in [1.165, 1.54) is 46.8 Å². The molecule has 0 aliphatic rings. The van der Waals surface area contributed by atoms with E-state index in [-0.39, 0.29) is 36.1 Å². The van der Waals surface area contributed by atoms with Crippen LogP contribution in [0.3, 0.4) is 0 Å². The Hall–Kier alpha value is -3.40. The van der Waals surface area contributed by atoms with Crippen LogP contribution in [0.4, 0.5) is 0 Å². The molecule has 0 saturated heterocycles. The number of aliphatic carboxylic acids is 1. The SMILES string of the molecule is Cc1ccc(-c2ccc(CC([Se]c3ccc(OCC(=O)O)c(C)c3)c3[se]c(-c4ccc(C)cc4)nc3C)cc2)cc1. The molecular weight excluding hydrogens is 640 g/mol. The number of ether oxygens (including phenoxy) is 1. The second-order valence-corrected chi connectivity index (χ2v) is 15.2. The van der Waals surface area contributed by atoms with Gasteiger partial charge in [0.15, 0.2) is 0 Å². The standard InChI is InChI=1S/C35H33NO3Se2/c1-22-5-11-27(12-6-22)28-15-9-26(10-16-28)20-32(40-30-17-18-31(24(3)19-30)39-21-33(37)38)34-25(4)36-35(41-34)29-13-7-23(2)8-14-29/h5-19,32H,20-21H2,1-4H3,(H,37,38). The fourth-order valence-electron chi connectivity index (χ4n) is 4.67. The molecule has 0 spiro atoms. The van der Waals surface area contributed by atoms with E-state index in [0.717, 1.165) is 17.7 Å². The summed E-state index contributed by atoms with van der Waals surface area (Å²) >= 11 is 0.315. The average molecular weight is 674 g/mol. The third kappa shape index (κ3) is 7.47. The van der Waals surface area contributed by atoms with Crippen molar-refractivity contribution < 1.29 is 14.6 Å². The van der Waals surface area contributed by atoms with E-state index in [9.17, 15) is 4.79 Å². The van der Waals surface area contributed by atoms with Crippen LogP contribution in [0.25, 0.3) is 21.3 Å². The van der Waals surface area contributed by atoms with Crippen molar-refractivity contribution in [3.63, 3.8) is 0 Å². The molecule has 1 heterocycles. The molecule has 5 aromatic rings. The van der Waals surface area contributed by atoms with Crippen LogP contribution in [0.1, 0.15) is 37.2 Å². The molecule has 1 N–H and O–H groups in total. The molecule has 5 rings (SSSR count). The minimum absolute atomic E-state index is 0.155. The zero-order valence-corrected chi connectivity index (χ0v) is 27.1. The first-order valence-electron chi connectivity index (χ1n) is 13.6. The first kappa shape index (κ1) is 29.1. The van der Waals surface area contributed by atoms with Crippen LogP contribution >= 0.6 is 0 Å². The summed E-state index contributed by atoms with van der Waals surface area (Å²) in [5.74, 6) is -0.345. The van der Waals surface area contributed by atoms with Gasteiger partial charge in [-0.3, -0.25) is 0 Å². The van der Waals surface area contributed by atoms with Crippen molar-refractivity contribution in [2.75, 3.05) is 6.61 Å². The summed E-state index contributed by atoms with van der Waals surface area (Å²) in [6.45, 7) is 8.04. The Kier molecular flexibility index (Phi) is 9.27. The van der Waals surface area contributed by atoms with Crippen LogP contribution in [0.2, 0.25) is 0 Å². The van der Waals surface area contributed by atoms with Crippen molar-refractivity contribution in [1.82, 2.24) is 4.98 Å². The van der Waals surface area contributed by atoms with Gasteiger partial charge in [0.25, 0.3) is 0 Å². The Morgan fingerprint density at radius 3 is 2.00 bits per heavy atom. The molecule has 4 aromatic carbocycles. The van der Waals surface area contributed by atoms with Gasteiger partial charge >= 0.3 is 255 Å². The van der Waals surface area contributed by atoms with E-state index in [4.69, 9.17) is 14.8 Å². The molecule has 41 heavy (non-hydrogen) atoms. The number of aromatic nitrogens is 1. The van der Waals surface area contributed by atoms with Crippen molar-refractivity contribution in [1.29, 1.82) is 0 Å². The van der Waals surface area contributed by atoms with Crippen LogP contribution in [-0.2, 0) is 11.2 Å². The second-order valence-electron chi connectivity index (χ2n) is 10.3. The third-order valence-electron chi connectivity index (χ3n) is 6.96. The molecule has 0 saturated carbocycles. The van der Waals surface area contributed by atoms with E-state index in [1.54, 1.807) is 0 Å². The van der Waals surface area contributed by atoms with Crippen LogP contribution < -0.4 is 9.20 Å². The van der Waals surface area contributed by atoms with E-state index >= 15 is 0 Å². The monoisotopic (exact) mass is 675 g/mol. The maximum atomic E-state index is 11.0. The summed E-state index contributed by atoms with van der Waals surface area (Å²) in [5.41, 5.74) is 9.65. The summed E-state index contributed by atoms with van der Waals surface area (Å²) < 4.78 is 9.43. The second kappa shape index (κ2) is 13.1. The van der Waals surface area contributed by atoms with Crippen molar-refractivity contribution in [3.8, 4) is 27.0 Å². The molecule has 0 radical (unpaired) electrons. The number of rotatable bonds is 10. The first-order valence-corrected chi connectivity index (χ1v) is 17.1. The molecule has 0 fully saturated rings. The summed E-state index contributed by atoms with van der Waals surface area (Å²) in [6, 6.07) is 32.6. The quantitative estimate of drug-likeness (QED) is 0.173. The zero-order chi connectivity index (χ0) is 28.9. The number of aryl methyl sites for hydroxylation is 4. The van der Waals surface area contributed by atoms with Gasteiger partial charge < -0.3 is 0 Å². The summed E-state index contributed by atoms with van der Waals surface area (Å²) in [6.07, 6.45) is 0.954. The number of carbonyl (C=O) groups is 1. The van der Waals surface area contributed by atoms with Gasteiger partial charge in [0.1, 0.15) is 0 Å².